The molecule has 0 spiro atoms. The molecule has 1 atom stereocenters. The first-order chi connectivity index (χ1) is 6.50. The quantitative estimate of drug-likeness (QED) is 0.795. The molecule has 0 bridgehead atoms. The highest BCUT2D eigenvalue weighted by molar-refractivity contribution is 5.32. The van der Waals surface area contributed by atoms with Gasteiger partial charge in [0, 0.05) is 11.6 Å². The molecule has 0 aliphatic rings. The number of nitrogens with two attached hydrogens (primary N) is 1. The van der Waals surface area contributed by atoms with Gasteiger partial charge in [0.2, 0.25) is 0 Å². The molecule has 0 saturated carbocycles. The number of alkyl halides is 2. The van der Waals surface area contributed by atoms with Crippen LogP contribution >= 0.6 is 0 Å². The summed E-state index contributed by atoms with van der Waals surface area (Å²) in [6.45, 7) is 3.71. The second-order valence-corrected chi connectivity index (χ2v) is 3.68. The van der Waals surface area contributed by atoms with E-state index in [1.807, 2.05) is 13.8 Å². The van der Waals surface area contributed by atoms with E-state index < -0.39 is 6.43 Å². The molecular formula is C11H15F2N. The Morgan fingerprint density at radius 2 is 2.00 bits per heavy atom. The molecule has 0 amide bonds. The lowest BCUT2D eigenvalue weighted by Crippen LogP contribution is -2.18. The number of halogens is 2. The van der Waals surface area contributed by atoms with Crippen LogP contribution < -0.4 is 5.73 Å². The number of hydrogen-bond acceptors (Lipinski definition) is 1. The Kier molecular flexibility index (Phi) is 3.58. The molecular weight excluding hydrogens is 184 g/mol. The van der Waals surface area contributed by atoms with Crippen molar-refractivity contribution in [3.63, 3.8) is 0 Å². The van der Waals surface area contributed by atoms with Gasteiger partial charge in [-0.3, -0.25) is 0 Å². The van der Waals surface area contributed by atoms with Crippen LogP contribution in [-0.2, 0) is 6.42 Å². The lowest BCUT2D eigenvalue weighted by molar-refractivity contribution is 0.150. The van der Waals surface area contributed by atoms with Crippen LogP contribution in [0.15, 0.2) is 18.2 Å². The van der Waals surface area contributed by atoms with E-state index in [4.69, 9.17) is 5.73 Å². The minimum Gasteiger partial charge on any atom is -0.328 e. The standard InChI is InChI=1S/C11H15F2N/c1-7-3-4-10(11(12)13)9(5-7)6-8(2)14/h3-5,8,11H,6,14H2,1-2H3. The smallest absolute Gasteiger partial charge is 0.264 e. The van der Waals surface area contributed by atoms with E-state index in [0.29, 0.717) is 12.0 Å². The van der Waals surface area contributed by atoms with E-state index in [1.165, 1.54) is 6.07 Å². The third-order valence-corrected chi connectivity index (χ3v) is 2.08. The van der Waals surface area contributed by atoms with Gasteiger partial charge in [-0.2, -0.15) is 0 Å². The molecule has 0 aromatic heterocycles. The van der Waals surface area contributed by atoms with Gasteiger partial charge >= 0.3 is 0 Å². The molecule has 0 saturated heterocycles. The maximum absolute atomic E-state index is 12.6. The summed E-state index contributed by atoms with van der Waals surface area (Å²) in [4.78, 5) is 0. The average molecular weight is 199 g/mol. The number of rotatable bonds is 3. The van der Waals surface area contributed by atoms with Crippen LogP contribution in [0, 0.1) is 6.92 Å². The zero-order chi connectivity index (χ0) is 10.7. The van der Waals surface area contributed by atoms with E-state index in [9.17, 15) is 8.78 Å². The molecule has 1 nitrogen and oxygen atoms in total. The Morgan fingerprint density at radius 3 is 2.50 bits per heavy atom. The van der Waals surface area contributed by atoms with Crippen LogP contribution in [-0.4, -0.2) is 6.04 Å². The predicted octanol–water partition coefficient (Wildman–Crippen LogP) is 2.82. The highest BCUT2D eigenvalue weighted by atomic mass is 19.3. The van der Waals surface area contributed by atoms with Gasteiger partial charge in [0.05, 0.1) is 0 Å². The fraction of sp³-hybridized carbons (Fsp3) is 0.455. The topological polar surface area (TPSA) is 26.0 Å². The lowest BCUT2D eigenvalue weighted by atomic mass is 9.99. The maximum Gasteiger partial charge on any atom is 0.264 e. The number of benzene rings is 1. The summed E-state index contributed by atoms with van der Waals surface area (Å²) in [5.41, 5.74) is 7.36. The van der Waals surface area contributed by atoms with Crippen molar-refractivity contribution in [3.05, 3.63) is 34.9 Å². The van der Waals surface area contributed by atoms with Gasteiger partial charge in [0.1, 0.15) is 0 Å². The predicted molar refractivity (Wildman–Crippen MR) is 53.5 cm³/mol. The van der Waals surface area contributed by atoms with Crippen LogP contribution in [0.1, 0.15) is 30.0 Å². The van der Waals surface area contributed by atoms with Gasteiger partial charge in [0.15, 0.2) is 0 Å². The molecule has 0 radical (unpaired) electrons. The average Bonchev–Trinajstić information content (AvgIpc) is 2.01. The molecule has 14 heavy (non-hydrogen) atoms. The van der Waals surface area contributed by atoms with Crippen molar-refractivity contribution in [2.45, 2.75) is 32.7 Å². The van der Waals surface area contributed by atoms with Crippen molar-refractivity contribution >= 4 is 0 Å². The summed E-state index contributed by atoms with van der Waals surface area (Å²) in [6, 6.07) is 4.88. The minimum atomic E-state index is -2.41. The summed E-state index contributed by atoms with van der Waals surface area (Å²) in [7, 11) is 0. The molecule has 2 N–H and O–H groups in total. The third-order valence-electron chi connectivity index (χ3n) is 2.08. The molecule has 3 heteroatoms. The maximum atomic E-state index is 12.6. The van der Waals surface area contributed by atoms with Crippen molar-refractivity contribution in [1.29, 1.82) is 0 Å². The van der Waals surface area contributed by atoms with Gasteiger partial charge in [-0.25, -0.2) is 8.78 Å². The van der Waals surface area contributed by atoms with E-state index in [-0.39, 0.29) is 11.6 Å². The lowest BCUT2D eigenvalue weighted by Gasteiger charge is -2.11. The SMILES string of the molecule is Cc1ccc(C(F)F)c(CC(C)N)c1. The number of aryl methyl sites for hydroxylation is 1. The molecule has 78 valence electrons. The summed E-state index contributed by atoms with van der Waals surface area (Å²) in [5, 5.41) is 0. The van der Waals surface area contributed by atoms with E-state index in [1.54, 1.807) is 12.1 Å². The van der Waals surface area contributed by atoms with Crippen LogP contribution in [0.25, 0.3) is 0 Å². The van der Waals surface area contributed by atoms with E-state index in [0.717, 1.165) is 5.56 Å². The molecule has 1 rings (SSSR count). The first kappa shape index (κ1) is 11.1. The van der Waals surface area contributed by atoms with Gasteiger partial charge in [-0.15, -0.1) is 0 Å². The van der Waals surface area contributed by atoms with Crippen molar-refractivity contribution in [3.8, 4) is 0 Å². The van der Waals surface area contributed by atoms with Gasteiger partial charge < -0.3 is 5.73 Å². The minimum absolute atomic E-state index is 0.0886. The van der Waals surface area contributed by atoms with Crippen molar-refractivity contribution in [2.75, 3.05) is 0 Å². The summed E-state index contributed by atoms with van der Waals surface area (Å²) >= 11 is 0. The second kappa shape index (κ2) is 4.51. The first-order valence-corrected chi connectivity index (χ1v) is 4.64. The summed E-state index contributed by atoms with van der Waals surface area (Å²) < 4.78 is 25.1. The molecule has 0 heterocycles. The van der Waals surface area contributed by atoms with Crippen LogP contribution in [0.2, 0.25) is 0 Å². The Bertz CT molecular complexity index is 308. The Labute approximate surface area is 82.9 Å². The monoisotopic (exact) mass is 199 g/mol. The number of hydrogen-bond donors (Lipinski definition) is 1. The summed E-state index contributed by atoms with van der Waals surface area (Å²) in [6.07, 6.45) is -1.91. The summed E-state index contributed by atoms with van der Waals surface area (Å²) in [5.74, 6) is 0. The van der Waals surface area contributed by atoms with Crippen LogP contribution in [0.5, 0.6) is 0 Å². The Hall–Kier alpha value is -0.960. The molecule has 1 aromatic rings. The normalized spacial score (nSPS) is 13.3. The van der Waals surface area contributed by atoms with Gasteiger partial charge in [-0.1, -0.05) is 23.8 Å². The second-order valence-electron chi connectivity index (χ2n) is 3.68. The first-order valence-electron chi connectivity index (χ1n) is 4.64. The molecule has 1 unspecified atom stereocenters. The zero-order valence-electron chi connectivity index (χ0n) is 8.43. The van der Waals surface area contributed by atoms with Gasteiger partial charge in [0.25, 0.3) is 6.43 Å². The zero-order valence-corrected chi connectivity index (χ0v) is 8.43. The molecule has 1 aromatic carbocycles. The fourth-order valence-corrected chi connectivity index (χ4v) is 1.47. The Balaban J connectivity index is 3.03. The van der Waals surface area contributed by atoms with E-state index >= 15 is 0 Å². The highest BCUT2D eigenvalue weighted by Crippen LogP contribution is 2.24. The molecule has 0 aliphatic heterocycles. The highest BCUT2D eigenvalue weighted by Gasteiger charge is 2.13. The van der Waals surface area contributed by atoms with Crippen LogP contribution in [0.3, 0.4) is 0 Å². The van der Waals surface area contributed by atoms with E-state index in [2.05, 4.69) is 0 Å². The molecule has 0 fully saturated rings. The van der Waals surface area contributed by atoms with Crippen molar-refractivity contribution < 1.29 is 8.78 Å². The van der Waals surface area contributed by atoms with Crippen molar-refractivity contribution in [1.82, 2.24) is 0 Å². The Morgan fingerprint density at radius 1 is 1.36 bits per heavy atom. The third kappa shape index (κ3) is 2.77. The van der Waals surface area contributed by atoms with Gasteiger partial charge in [-0.05, 0) is 25.8 Å². The molecule has 0 aliphatic carbocycles. The van der Waals surface area contributed by atoms with Crippen molar-refractivity contribution in [2.24, 2.45) is 5.73 Å². The largest absolute Gasteiger partial charge is 0.328 e. The fourth-order valence-electron chi connectivity index (χ4n) is 1.47. The van der Waals surface area contributed by atoms with Crippen LogP contribution in [0.4, 0.5) is 8.78 Å².